The Kier molecular flexibility index (Phi) is 11.2. The van der Waals surface area contributed by atoms with Crippen molar-refractivity contribution in [2.45, 2.75) is 38.5 Å². The smallest absolute Gasteiger partial charge is 0.480 e. The van der Waals surface area contributed by atoms with Crippen LogP contribution in [-0.4, -0.2) is 76.9 Å². The van der Waals surface area contributed by atoms with Crippen LogP contribution in [0, 0.1) is 5.92 Å². The van der Waals surface area contributed by atoms with E-state index in [2.05, 4.69) is 5.10 Å². The molecule has 1 aromatic carbocycles. The number of carbonyl (C=O) groups is 4. The lowest BCUT2D eigenvalue weighted by Gasteiger charge is -2.33. The molecule has 0 bridgehead atoms. The van der Waals surface area contributed by atoms with Gasteiger partial charge in [0.15, 0.2) is 5.78 Å². The molecule has 1 aromatic rings. The average molecular weight is 489 g/mol. The lowest BCUT2D eigenvalue weighted by molar-refractivity contribution is -0.192. The van der Waals surface area contributed by atoms with Gasteiger partial charge in [0.1, 0.15) is 6.61 Å². The van der Waals surface area contributed by atoms with E-state index in [-0.39, 0.29) is 30.8 Å². The van der Waals surface area contributed by atoms with Gasteiger partial charge in [0.05, 0.1) is 12.3 Å². The zero-order valence-electron chi connectivity index (χ0n) is 18.3. The number of alkyl halides is 3. The summed E-state index contributed by atoms with van der Waals surface area (Å²) in [7, 11) is 0. The summed E-state index contributed by atoms with van der Waals surface area (Å²) in [6.45, 7) is 2.45. The van der Waals surface area contributed by atoms with Crippen molar-refractivity contribution in [1.29, 1.82) is 0 Å². The first kappa shape index (κ1) is 28.6. The minimum Gasteiger partial charge on any atom is -0.480 e. The van der Waals surface area contributed by atoms with Gasteiger partial charge in [-0.05, 0) is 18.4 Å². The highest BCUT2D eigenvalue weighted by Gasteiger charge is 2.38. The van der Waals surface area contributed by atoms with Crippen LogP contribution in [0.5, 0.6) is 0 Å². The molecule has 1 heterocycles. The number of nitrogens with zero attached hydrogens (tertiary/aromatic N) is 2. The number of amides is 1. The monoisotopic (exact) mass is 489 g/mol. The van der Waals surface area contributed by atoms with E-state index in [0.717, 1.165) is 5.56 Å². The number of hydrazone groups is 1. The number of nitrogens with two attached hydrogens (primary N) is 1. The third kappa shape index (κ3) is 9.98. The van der Waals surface area contributed by atoms with Crippen LogP contribution in [0.25, 0.3) is 0 Å². The molecule has 0 radical (unpaired) electrons. The molecule has 188 valence electrons. The highest BCUT2D eigenvalue weighted by atomic mass is 19.4. The first-order chi connectivity index (χ1) is 15.8. The van der Waals surface area contributed by atoms with Crippen LogP contribution in [0.3, 0.4) is 0 Å². The molecule has 1 amide bonds. The number of halogens is 3. The van der Waals surface area contributed by atoms with E-state index in [1.165, 1.54) is 6.21 Å². The Morgan fingerprint density at radius 3 is 2.15 bits per heavy atom. The lowest BCUT2D eigenvalue weighted by atomic mass is 9.97. The Balaban J connectivity index is 0.000000718. The number of Topliss-reactive ketones (excluding diaryl/α,β-unsaturated/α-hetero) is 1. The highest BCUT2D eigenvalue weighted by molar-refractivity contribution is 5.99. The molecule has 0 aliphatic carbocycles. The van der Waals surface area contributed by atoms with Gasteiger partial charge in [-0.25, -0.2) is 9.59 Å². The van der Waals surface area contributed by atoms with Crippen LogP contribution >= 0.6 is 0 Å². The van der Waals surface area contributed by atoms with E-state index in [1.807, 2.05) is 0 Å². The number of likely N-dealkylation sites (tertiary alicyclic amines) is 1. The quantitative estimate of drug-likeness (QED) is 0.216. The molecule has 0 aromatic heterocycles. The molecule has 4 N–H and O–H groups in total. The summed E-state index contributed by atoms with van der Waals surface area (Å²) < 4.78 is 37.0. The van der Waals surface area contributed by atoms with Gasteiger partial charge in [0, 0.05) is 31.0 Å². The standard InChI is InChI=1S/C19H25N3O5.C2HF3O2/c1-13(10-17(23)15-4-2-14(3-5-15)11-21-20)19(26)22-8-6-16(7-9-22)27-12-18(24)25;3-2(4,5)1(6)7/h2-5,11,13,16H,6-10,12,20H2,1H3,(H,24,25);(H,6,7)/t13-;/m1./s1. The molecule has 13 heteroatoms. The summed E-state index contributed by atoms with van der Waals surface area (Å²) in [5, 5.41) is 19.2. The SMILES string of the molecule is C[C@H](CC(=O)c1ccc(C=NN)cc1)C(=O)N1CCC(OCC(=O)O)CC1.O=C(O)C(F)(F)F. The number of carbonyl (C=O) groups excluding carboxylic acids is 2. The molecule has 10 nitrogen and oxygen atoms in total. The van der Waals surface area contributed by atoms with E-state index < -0.39 is 24.0 Å². The zero-order valence-corrected chi connectivity index (χ0v) is 18.3. The molecular formula is C21H26F3N3O7. The van der Waals surface area contributed by atoms with E-state index in [1.54, 1.807) is 36.1 Å². The number of ketones is 1. The third-order valence-electron chi connectivity index (χ3n) is 4.81. The number of ether oxygens (including phenoxy) is 1. The van der Waals surface area contributed by atoms with Crippen molar-refractivity contribution in [3.05, 3.63) is 35.4 Å². The summed E-state index contributed by atoms with van der Waals surface area (Å²) in [4.78, 5) is 46.2. The maximum atomic E-state index is 12.6. The number of hydrogen-bond donors (Lipinski definition) is 3. The first-order valence-electron chi connectivity index (χ1n) is 10.1. The molecule has 1 aliphatic rings. The largest absolute Gasteiger partial charge is 0.490 e. The summed E-state index contributed by atoms with van der Waals surface area (Å²) in [5.41, 5.74) is 1.34. The van der Waals surface area contributed by atoms with E-state index in [0.29, 0.717) is 31.5 Å². The molecule has 2 rings (SSSR count). The Morgan fingerprint density at radius 2 is 1.71 bits per heavy atom. The van der Waals surface area contributed by atoms with Crippen molar-refractivity contribution in [2.24, 2.45) is 16.9 Å². The Morgan fingerprint density at radius 1 is 1.18 bits per heavy atom. The van der Waals surface area contributed by atoms with Gasteiger partial charge >= 0.3 is 18.1 Å². The molecule has 0 saturated carbocycles. The van der Waals surface area contributed by atoms with Gasteiger partial charge in [0.25, 0.3) is 0 Å². The minimum absolute atomic E-state index is 0.0630. The molecule has 0 spiro atoms. The van der Waals surface area contributed by atoms with Gasteiger partial charge in [0.2, 0.25) is 5.91 Å². The van der Waals surface area contributed by atoms with Crippen molar-refractivity contribution >= 4 is 29.8 Å². The second kappa shape index (κ2) is 13.3. The fraction of sp³-hybridized carbons (Fsp3) is 0.476. The van der Waals surface area contributed by atoms with Crippen LogP contribution in [-0.2, 0) is 19.1 Å². The van der Waals surface area contributed by atoms with E-state index >= 15 is 0 Å². The number of carboxylic acids is 2. The van der Waals surface area contributed by atoms with Crippen molar-refractivity contribution in [3.8, 4) is 0 Å². The van der Waals surface area contributed by atoms with Gasteiger partial charge in [-0.2, -0.15) is 18.3 Å². The number of rotatable bonds is 8. The average Bonchev–Trinajstić information content (AvgIpc) is 2.78. The normalized spacial score (nSPS) is 15.4. The number of carboxylic acid groups (broad SMARTS) is 2. The Bertz CT molecular complexity index is 881. The molecule has 1 saturated heterocycles. The number of aliphatic carboxylic acids is 2. The van der Waals surface area contributed by atoms with Crippen LogP contribution in [0.2, 0.25) is 0 Å². The fourth-order valence-corrected chi connectivity index (χ4v) is 3.07. The van der Waals surface area contributed by atoms with Gasteiger partial charge < -0.3 is 25.7 Å². The summed E-state index contributed by atoms with van der Waals surface area (Å²) in [6.07, 6.45) is -2.39. The van der Waals surface area contributed by atoms with Gasteiger partial charge in [-0.15, -0.1) is 0 Å². The predicted octanol–water partition coefficient (Wildman–Crippen LogP) is 1.91. The predicted molar refractivity (Wildman–Crippen MR) is 113 cm³/mol. The first-order valence-corrected chi connectivity index (χ1v) is 10.1. The lowest BCUT2D eigenvalue weighted by Crippen LogP contribution is -2.43. The third-order valence-corrected chi connectivity index (χ3v) is 4.81. The highest BCUT2D eigenvalue weighted by Crippen LogP contribution is 2.19. The molecule has 1 aliphatic heterocycles. The maximum absolute atomic E-state index is 12.6. The van der Waals surface area contributed by atoms with E-state index in [9.17, 15) is 27.6 Å². The van der Waals surface area contributed by atoms with Crippen LogP contribution in [0.4, 0.5) is 13.2 Å². The van der Waals surface area contributed by atoms with Crippen LogP contribution in [0.15, 0.2) is 29.4 Å². The van der Waals surface area contributed by atoms with Gasteiger partial charge in [-0.3, -0.25) is 9.59 Å². The van der Waals surface area contributed by atoms with Crippen LogP contribution in [0.1, 0.15) is 42.1 Å². The van der Waals surface area contributed by atoms with E-state index in [4.69, 9.17) is 25.6 Å². The second-order valence-electron chi connectivity index (χ2n) is 7.46. The molecule has 1 atom stereocenters. The Hall–Kier alpha value is -3.48. The zero-order chi connectivity index (χ0) is 25.9. The number of hydrogen-bond acceptors (Lipinski definition) is 7. The summed E-state index contributed by atoms with van der Waals surface area (Å²) in [5.74, 6) is 0.769. The number of benzene rings is 1. The van der Waals surface area contributed by atoms with Gasteiger partial charge in [-0.1, -0.05) is 31.2 Å². The number of piperidine rings is 1. The molecule has 0 unspecified atom stereocenters. The maximum Gasteiger partial charge on any atom is 0.490 e. The van der Waals surface area contributed by atoms with Crippen LogP contribution < -0.4 is 5.84 Å². The van der Waals surface area contributed by atoms with Crippen molar-refractivity contribution < 1.29 is 47.3 Å². The van der Waals surface area contributed by atoms with Crippen molar-refractivity contribution in [3.63, 3.8) is 0 Å². The summed E-state index contributed by atoms with van der Waals surface area (Å²) in [6, 6.07) is 6.89. The second-order valence-corrected chi connectivity index (χ2v) is 7.46. The minimum atomic E-state index is -5.08. The summed E-state index contributed by atoms with van der Waals surface area (Å²) >= 11 is 0. The van der Waals surface area contributed by atoms with Crippen molar-refractivity contribution in [1.82, 2.24) is 4.90 Å². The topological polar surface area (TPSA) is 160 Å². The molecular weight excluding hydrogens is 463 g/mol. The Labute approximate surface area is 193 Å². The molecule has 1 fully saturated rings. The van der Waals surface area contributed by atoms with Crippen molar-refractivity contribution in [2.75, 3.05) is 19.7 Å². The molecule has 34 heavy (non-hydrogen) atoms. The fourth-order valence-electron chi connectivity index (χ4n) is 3.07.